The van der Waals surface area contributed by atoms with Crippen LogP contribution in [-0.2, 0) is 9.84 Å². The molecule has 1 aliphatic heterocycles. The van der Waals surface area contributed by atoms with Crippen molar-refractivity contribution in [2.24, 2.45) is 0 Å². The van der Waals surface area contributed by atoms with Gasteiger partial charge in [-0.3, -0.25) is 4.79 Å². The van der Waals surface area contributed by atoms with E-state index in [0.717, 1.165) is 4.68 Å². The van der Waals surface area contributed by atoms with Gasteiger partial charge in [0.05, 0.1) is 0 Å². The first-order valence-corrected chi connectivity index (χ1v) is 4.85. The van der Waals surface area contributed by atoms with Gasteiger partial charge in [-0.25, -0.2) is 13.4 Å². The molecule has 0 atom stereocenters. The van der Waals surface area contributed by atoms with Crippen molar-refractivity contribution in [1.29, 1.82) is 0 Å². The van der Waals surface area contributed by atoms with E-state index in [1.165, 1.54) is 6.92 Å². The Hall–Kier alpha value is -1.24. The average Bonchev–Trinajstić information content (AvgIpc) is 2.37. The van der Waals surface area contributed by atoms with E-state index in [1.807, 2.05) is 0 Å². The standard InChI is InChI=1S/C5H5N3O3S/c1-3-6-5-8(7-3)4(9)2-12(5,10)11/h2H2,1H3. The van der Waals surface area contributed by atoms with Gasteiger partial charge >= 0.3 is 0 Å². The molecule has 0 spiro atoms. The molecule has 0 unspecified atom stereocenters. The zero-order valence-corrected chi connectivity index (χ0v) is 7.00. The molecule has 0 bridgehead atoms. The molecule has 2 rings (SSSR count). The lowest BCUT2D eigenvalue weighted by Gasteiger charge is -1.83. The number of aromatic nitrogens is 3. The largest absolute Gasteiger partial charge is 0.271 e. The molecular formula is C5H5N3O3S. The minimum absolute atomic E-state index is 0.231. The summed E-state index contributed by atoms with van der Waals surface area (Å²) in [5.74, 6) is -0.755. The predicted molar refractivity (Wildman–Crippen MR) is 37.4 cm³/mol. The SMILES string of the molecule is Cc1nc2n(n1)C(=O)CS2(=O)=O. The quantitative estimate of drug-likeness (QED) is 0.521. The maximum Gasteiger partial charge on any atom is 0.265 e. The van der Waals surface area contributed by atoms with Crippen LogP contribution < -0.4 is 0 Å². The van der Waals surface area contributed by atoms with Gasteiger partial charge in [-0.2, -0.15) is 4.68 Å². The number of carbonyl (C=O) groups is 1. The van der Waals surface area contributed by atoms with Crippen molar-refractivity contribution in [3.8, 4) is 0 Å². The second-order valence-corrected chi connectivity index (χ2v) is 4.39. The minimum atomic E-state index is -3.49. The van der Waals surface area contributed by atoms with Gasteiger partial charge in [-0.15, -0.1) is 5.10 Å². The number of hydrogen-bond donors (Lipinski definition) is 0. The molecule has 0 saturated heterocycles. The van der Waals surface area contributed by atoms with Crippen LogP contribution in [0.15, 0.2) is 5.16 Å². The lowest BCUT2D eigenvalue weighted by atomic mass is 10.7. The van der Waals surface area contributed by atoms with Gasteiger partial charge in [0.1, 0.15) is 11.6 Å². The molecule has 64 valence electrons. The zero-order chi connectivity index (χ0) is 8.93. The van der Waals surface area contributed by atoms with Gasteiger partial charge < -0.3 is 0 Å². The summed E-state index contributed by atoms with van der Waals surface area (Å²) < 4.78 is 23.1. The fourth-order valence-corrected chi connectivity index (χ4v) is 2.30. The fraction of sp³-hybridized carbons (Fsp3) is 0.400. The van der Waals surface area contributed by atoms with E-state index < -0.39 is 21.5 Å². The Bertz CT molecular complexity index is 458. The van der Waals surface area contributed by atoms with E-state index in [1.54, 1.807) is 0 Å². The van der Waals surface area contributed by atoms with Gasteiger partial charge in [0.15, 0.2) is 0 Å². The maximum absolute atomic E-state index is 11.1. The Morgan fingerprint density at radius 1 is 1.50 bits per heavy atom. The van der Waals surface area contributed by atoms with Crippen LogP contribution in [0.4, 0.5) is 0 Å². The Labute approximate surface area is 68.1 Å². The van der Waals surface area contributed by atoms with Crippen LogP contribution in [0.2, 0.25) is 0 Å². The first-order valence-electron chi connectivity index (χ1n) is 3.20. The molecule has 1 aromatic rings. The second kappa shape index (κ2) is 1.92. The van der Waals surface area contributed by atoms with Crippen LogP contribution in [0.25, 0.3) is 0 Å². The van der Waals surface area contributed by atoms with Crippen molar-refractivity contribution >= 4 is 15.7 Å². The van der Waals surface area contributed by atoms with Gasteiger partial charge in [0.25, 0.3) is 11.1 Å². The summed E-state index contributed by atoms with van der Waals surface area (Å²) in [6, 6.07) is 0. The Morgan fingerprint density at radius 3 is 2.75 bits per heavy atom. The fourth-order valence-electron chi connectivity index (χ4n) is 1.05. The molecule has 1 aromatic heterocycles. The van der Waals surface area contributed by atoms with Crippen LogP contribution in [0, 0.1) is 6.92 Å². The normalized spacial score (nSPS) is 19.6. The summed E-state index contributed by atoms with van der Waals surface area (Å²) in [6.45, 7) is 1.54. The van der Waals surface area contributed by atoms with Gasteiger partial charge in [-0.1, -0.05) is 0 Å². The third-order valence-electron chi connectivity index (χ3n) is 1.51. The molecular weight excluding hydrogens is 182 g/mol. The molecule has 2 heterocycles. The highest BCUT2D eigenvalue weighted by Gasteiger charge is 2.36. The maximum atomic E-state index is 11.1. The highest BCUT2D eigenvalue weighted by Crippen LogP contribution is 2.15. The topological polar surface area (TPSA) is 81.9 Å². The highest BCUT2D eigenvalue weighted by atomic mass is 32.2. The number of sulfone groups is 1. The van der Waals surface area contributed by atoms with Crippen LogP contribution >= 0.6 is 0 Å². The van der Waals surface area contributed by atoms with E-state index in [9.17, 15) is 13.2 Å². The molecule has 0 amide bonds. The number of fused-ring (bicyclic) bond motifs is 1. The predicted octanol–water partition coefficient (Wildman–Crippen LogP) is -0.986. The molecule has 6 nitrogen and oxygen atoms in total. The molecule has 0 radical (unpaired) electrons. The summed E-state index contributed by atoms with van der Waals surface area (Å²) in [7, 11) is -3.49. The van der Waals surface area contributed by atoms with E-state index in [2.05, 4.69) is 10.1 Å². The third kappa shape index (κ3) is 0.795. The molecule has 1 aliphatic rings. The Kier molecular flexibility index (Phi) is 1.18. The Morgan fingerprint density at radius 2 is 2.17 bits per heavy atom. The van der Waals surface area contributed by atoms with Crippen LogP contribution in [0.3, 0.4) is 0 Å². The average molecular weight is 187 g/mol. The molecule has 0 aliphatic carbocycles. The zero-order valence-electron chi connectivity index (χ0n) is 6.18. The lowest BCUT2D eigenvalue weighted by Crippen LogP contribution is -2.10. The number of rotatable bonds is 0. The number of hydrogen-bond acceptors (Lipinski definition) is 5. The monoisotopic (exact) mass is 187 g/mol. The van der Waals surface area contributed by atoms with Crippen molar-refractivity contribution in [2.75, 3.05) is 5.75 Å². The van der Waals surface area contributed by atoms with Gasteiger partial charge in [-0.05, 0) is 6.92 Å². The van der Waals surface area contributed by atoms with Crippen LogP contribution in [0.1, 0.15) is 10.6 Å². The second-order valence-electron chi connectivity index (χ2n) is 2.51. The van der Waals surface area contributed by atoms with E-state index >= 15 is 0 Å². The van der Waals surface area contributed by atoms with Crippen molar-refractivity contribution in [3.05, 3.63) is 5.82 Å². The minimum Gasteiger partial charge on any atom is -0.271 e. The molecule has 7 heteroatoms. The van der Waals surface area contributed by atoms with Gasteiger partial charge in [0.2, 0.25) is 9.84 Å². The molecule has 0 fully saturated rings. The summed E-state index contributed by atoms with van der Waals surface area (Å²) in [5, 5.41) is 3.41. The molecule has 0 aromatic carbocycles. The first-order chi connectivity index (χ1) is 5.50. The highest BCUT2D eigenvalue weighted by molar-refractivity contribution is 7.92. The summed E-state index contributed by atoms with van der Waals surface area (Å²) >= 11 is 0. The van der Waals surface area contributed by atoms with Crippen LogP contribution in [0.5, 0.6) is 0 Å². The summed E-state index contributed by atoms with van der Waals surface area (Å²) in [4.78, 5) is 14.6. The van der Waals surface area contributed by atoms with Crippen molar-refractivity contribution in [1.82, 2.24) is 14.8 Å². The van der Waals surface area contributed by atoms with E-state index in [4.69, 9.17) is 0 Å². The lowest BCUT2D eigenvalue weighted by molar-refractivity contribution is 0.0923. The molecule has 0 N–H and O–H groups in total. The van der Waals surface area contributed by atoms with Crippen molar-refractivity contribution < 1.29 is 13.2 Å². The van der Waals surface area contributed by atoms with Crippen molar-refractivity contribution in [2.45, 2.75) is 12.1 Å². The summed E-state index contributed by atoms with van der Waals surface area (Å²) in [5.41, 5.74) is 0. The smallest absolute Gasteiger partial charge is 0.265 e. The number of nitrogens with zero attached hydrogens (tertiary/aromatic N) is 3. The first kappa shape index (κ1) is 7.41. The van der Waals surface area contributed by atoms with Crippen molar-refractivity contribution in [3.63, 3.8) is 0 Å². The van der Waals surface area contributed by atoms with E-state index in [0.29, 0.717) is 5.82 Å². The summed E-state index contributed by atoms with van der Waals surface area (Å²) in [6.07, 6.45) is 0. The van der Waals surface area contributed by atoms with Crippen LogP contribution in [-0.4, -0.2) is 34.8 Å². The third-order valence-corrected chi connectivity index (χ3v) is 2.96. The molecule has 12 heavy (non-hydrogen) atoms. The number of aryl methyl sites for hydroxylation is 1. The van der Waals surface area contributed by atoms with E-state index in [-0.39, 0.29) is 5.16 Å². The molecule has 0 saturated carbocycles. The Balaban J connectivity index is 2.81. The van der Waals surface area contributed by atoms with Gasteiger partial charge in [0, 0.05) is 0 Å². The number of carbonyl (C=O) groups excluding carboxylic acids is 1.